The number of hydrogen-bond donors (Lipinski definition) is 0. The summed E-state index contributed by atoms with van der Waals surface area (Å²) in [4.78, 5) is 20.8. The van der Waals surface area contributed by atoms with E-state index < -0.39 is 0 Å². The number of carbonyl (C=O) groups is 1. The summed E-state index contributed by atoms with van der Waals surface area (Å²) in [5.74, 6) is 0.706. The first-order valence-electron chi connectivity index (χ1n) is 8.30. The van der Waals surface area contributed by atoms with Gasteiger partial charge in [-0.05, 0) is 35.7 Å². The second-order valence-electron chi connectivity index (χ2n) is 6.16. The third kappa shape index (κ3) is 4.32. The van der Waals surface area contributed by atoms with Crippen LogP contribution in [-0.2, 0) is 17.9 Å². The Morgan fingerprint density at radius 3 is 2.52 bits per heavy atom. The van der Waals surface area contributed by atoms with Crippen LogP contribution in [-0.4, -0.2) is 20.5 Å². The molecular formula is C20H21N3O2. The molecule has 0 amide bonds. The van der Waals surface area contributed by atoms with Crippen LogP contribution in [0, 0.1) is 0 Å². The zero-order valence-corrected chi connectivity index (χ0v) is 14.4. The molecule has 0 aliphatic carbocycles. The molecule has 0 aliphatic rings. The van der Waals surface area contributed by atoms with Crippen LogP contribution in [0.3, 0.4) is 0 Å². The van der Waals surface area contributed by atoms with E-state index in [1.807, 2.05) is 41.1 Å². The molecule has 0 spiro atoms. The van der Waals surface area contributed by atoms with E-state index in [4.69, 9.17) is 4.74 Å². The summed E-state index contributed by atoms with van der Waals surface area (Å²) < 4.78 is 7.48. The van der Waals surface area contributed by atoms with E-state index in [9.17, 15) is 4.79 Å². The van der Waals surface area contributed by atoms with Crippen molar-refractivity contribution in [1.29, 1.82) is 0 Å². The highest BCUT2D eigenvalue weighted by atomic mass is 16.5. The number of carbonyl (C=O) groups excluding carboxylic acids is 1. The Kier molecular flexibility index (Phi) is 5.23. The van der Waals surface area contributed by atoms with Crippen molar-refractivity contribution < 1.29 is 9.53 Å². The van der Waals surface area contributed by atoms with Gasteiger partial charge in [-0.1, -0.05) is 32.0 Å². The second-order valence-corrected chi connectivity index (χ2v) is 6.16. The monoisotopic (exact) mass is 335 g/mol. The molecule has 0 N–H and O–H groups in total. The molecule has 0 unspecified atom stereocenters. The Labute approximate surface area is 147 Å². The van der Waals surface area contributed by atoms with Crippen molar-refractivity contribution in [3.05, 3.63) is 83.7 Å². The quantitative estimate of drug-likeness (QED) is 0.643. The fraction of sp³-hybridized carbons (Fsp3) is 0.250. The zero-order chi connectivity index (χ0) is 17.6. The van der Waals surface area contributed by atoms with Gasteiger partial charge >= 0.3 is 5.97 Å². The third-order valence-corrected chi connectivity index (χ3v) is 3.91. The van der Waals surface area contributed by atoms with E-state index in [0.29, 0.717) is 18.0 Å². The van der Waals surface area contributed by atoms with Gasteiger partial charge in [-0.25, -0.2) is 9.78 Å². The lowest BCUT2D eigenvalue weighted by Crippen LogP contribution is -2.10. The maximum absolute atomic E-state index is 12.2. The average Bonchev–Trinajstić information content (AvgIpc) is 3.04. The maximum Gasteiger partial charge on any atom is 0.338 e. The summed E-state index contributed by atoms with van der Waals surface area (Å²) in [7, 11) is 0. The van der Waals surface area contributed by atoms with E-state index in [1.54, 1.807) is 24.5 Å². The molecule has 0 fully saturated rings. The topological polar surface area (TPSA) is 57.0 Å². The normalized spacial score (nSPS) is 10.8. The van der Waals surface area contributed by atoms with Crippen LogP contribution in [0.25, 0.3) is 0 Å². The summed E-state index contributed by atoms with van der Waals surface area (Å²) in [5, 5.41) is 0. The molecule has 5 heteroatoms. The van der Waals surface area contributed by atoms with Gasteiger partial charge in [0.1, 0.15) is 12.4 Å². The van der Waals surface area contributed by atoms with Gasteiger partial charge in [0.05, 0.1) is 11.3 Å². The molecule has 0 saturated heterocycles. The molecule has 3 aromatic rings. The Morgan fingerprint density at radius 2 is 1.84 bits per heavy atom. The van der Waals surface area contributed by atoms with Crippen molar-refractivity contribution in [1.82, 2.24) is 14.5 Å². The zero-order valence-electron chi connectivity index (χ0n) is 14.4. The SMILES string of the molecule is CC(C)c1cn(Cc2ccncc2)c(COC(=O)c2ccccc2)n1. The first-order chi connectivity index (χ1) is 12.1. The Morgan fingerprint density at radius 1 is 1.12 bits per heavy atom. The molecular weight excluding hydrogens is 314 g/mol. The molecule has 25 heavy (non-hydrogen) atoms. The summed E-state index contributed by atoms with van der Waals surface area (Å²) in [6, 6.07) is 12.9. The van der Waals surface area contributed by atoms with Crippen molar-refractivity contribution in [2.45, 2.75) is 32.9 Å². The van der Waals surface area contributed by atoms with E-state index in [1.165, 1.54) is 0 Å². The van der Waals surface area contributed by atoms with Gasteiger partial charge in [-0.15, -0.1) is 0 Å². The van der Waals surface area contributed by atoms with Crippen LogP contribution in [0.4, 0.5) is 0 Å². The molecule has 2 heterocycles. The molecule has 0 aliphatic heterocycles. The highest BCUT2D eigenvalue weighted by Crippen LogP contribution is 2.16. The van der Waals surface area contributed by atoms with Crippen molar-refractivity contribution >= 4 is 5.97 Å². The van der Waals surface area contributed by atoms with Gasteiger partial charge in [0.2, 0.25) is 0 Å². The van der Waals surface area contributed by atoms with Gasteiger partial charge in [0.25, 0.3) is 0 Å². The summed E-state index contributed by atoms with van der Waals surface area (Å²) in [6.45, 7) is 5.00. The Bertz CT molecular complexity index is 827. The van der Waals surface area contributed by atoms with Crippen LogP contribution >= 0.6 is 0 Å². The number of aromatic nitrogens is 3. The van der Waals surface area contributed by atoms with Crippen molar-refractivity contribution in [3.8, 4) is 0 Å². The second kappa shape index (κ2) is 7.75. The number of nitrogens with zero attached hydrogens (tertiary/aromatic N) is 3. The lowest BCUT2D eigenvalue weighted by molar-refractivity contribution is 0.0458. The third-order valence-electron chi connectivity index (χ3n) is 3.91. The van der Waals surface area contributed by atoms with Crippen molar-refractivity contribution in [2.24, 2.45) is 0 Å². The van der Waals surface area contributed by atoms with E-state index >= 15 is 0 Å². The van der Waals surface area contributed by atoms with E-state index in [0.717, 1.165) is 17.1 Å². The maximum atomic E-state index is 12.2. The number of ether oxygens (including phenoxy) is 1. The average molecular weight is 335 g/mol. The molecule has 0 atom stereocenters. The summed E-state index contributed by atoms with van der Waals surface area (Å²) in [5.41, 5.74) is 2.65. The van der Waals surface area contributed by atoms with Crippen LogP contribution in [0.15, 0.2) is 61.1 Å². The lowest BCUT2D eigenvalue weighted by atomic mass is 10.2. The minimum atomic E-state index is -0.342. The predicted molar refractivity (Wildman–Crippen MR) is 95.2 cm³/mol. The highest BCUT2D eigenvalue weighted by molar-refractivity contribution is 5.89. The molecule has 1 aromatic carbocycles. The summed E-state index contributed by atoms with van der Waals surface area (Å²) in [6.07, 6.45) is 5.56. The summed E-state index contributed by atoms with van der Waals surface area (Å²) >= 11 is 0. The van der Waals surface area contributed by atoms with Crippen LogP contribution < -0.4 is 0 Å². The fourth-order valence-electron chi connectivity index (χ4n) is 2.48. The van der Waals surface area contributed by atoms with E-state index in [-0.39, 0.29) is 12.6 Å². The first kappa shape index (κ1) is 16.9. The molecule has 128 valence electrons. The van der Waals surface area contributed by atoms with E-state index in [2.05, 4.69) is 23.8 Å². The molecule has 2 aromatic heterocycles. The molecule has 0 radical (unpaired) electrons. The van der Waals surface area contributed by atoms with Crippen LogP contribution in [0.2, 0.25) is 0 Å². The van der Waals surface area contributed by atoms with Crippen molar-refractivity contribution in [3.63, 3.8) is 0 Å². The number of esters is 1. The minimum Gasteiger partial charge on any atom is -0.454 e. The van der Waals surface area contributed by atoms with Gasteiger partial charge in [-0.2, -0.15) is 0 Å². The predicted octanol–water partition coefficient (Wildman–Crippen LogP) is 3.81. The number of pyridine rings is 1. The highest BCUT2D eigenvalue weighted by Gasteiger charge is 2.14. The first-order valence-corrected chi connectivity index (χ1v) is 8.30. The molecule has 0 bridgehead atoms. The number of benzene rings is 1. The molecule has 0 saturated carbocycles. The Balaban J connectivity index is 1.76. The number of rotatable bonds is 6. The largest absolute Gasteiger partial charge is 0.454 e. The lowest BCUT2D eigenvalue weighted by Gasteiger charge is -2.08. The number of hydrogen-bond acceptors (Lipinski definition) is 4. The smallest absolute Gasteiger partial charge is 0.338 e. The Hall–Kier alpha value is -2.95. The van der Waals surface area contributed by atoms with Gasteiger partial charge in [0.15, 0.2) is 0 Å². The van der Waals surface area contributed by atoms with Gasteiger partial charge in [-0.3, -0.25) is 4.98 Å². The minimum absolute atomic E-state index is 0.144. The van der Waals surface area contributed by atoms with Gasteiger partial charge in [0, 0.05) is 25.1 Å². The van der Waals surface area contributed by atoms with Crippen LogP contribution in [0.5, 0.6) is 0 Å². The fourth-order valence-corrected chi connectivity index (χ4v) is 2.48. The molecule has 5 nitrogen and oxygen atoms in total. The van der Waals surface area contributed by atoms with Crippen molar-refractivity contribution in [2.75, 3.05) is 0 Å². The standard InChI is InChI=1S/C20H21N3O2/c1-15(2)18-13-23(12-16-8-10-21-11-9-16)19(22-18)14-25-20(24)17-6-4-3-5-7-17/h3-11,13,15H,12,14H2,1-2H3. The van der Waals surface area contributed by atoms with Gasteiger partial charge < -0.3 is 9.30 Å². The molecule has 3 rings (SSSR count). The number of imidazole rings is 1. The van der Waals surface area contributed by atoms with Crippen LogP contribution in [0.1, 0.15) is 47.2 Å².